The molecule has 0 saturated heterocycles. The van der Waals surface area contributed by atoms with E-state index in [1.807, 2.05) is 37.3 Å². The molecule has 122 valence electrons. The molecule has 0 fully saturated rings. The highest BCUT2D eigenvalue weighted by Crippen LogP contribution is 2.42. The molecule has 2 nitrogen and oxygen atoms in total. The second-order valence-corrected chi connectivity index (χ2v) is 7.81. The molecule has 0 saturated carbocycles. The molecular weight excluding hydrogens is 312 g/mol. The van der Waals surface area contributed by atoms with Crippen LogP contribution in [0.2, 0.25) is 0 Å². The highest BCUT2D eigenvalue weighted by molar-refractivity contribution is 7.12. The Bertz CT molecular complexity index is 547. The van der Waals surface area contributed by atoms with Crippen molar-refractivity contribution >= 4 is 22.7 Å². The molecule has 3 heterocycles. The minimum absolute atomic E-state index is 0.685. The van der Waals surface area contributed by atoms with Crippen molar-refractivity contribution in [3.05, 3.63) is 43.8 Å². The van der Waals surface area contributed by atoms with E-state index in [9.17, 15) is 0 Å². The van der Waals surface area contributed by atoms with Crippen molar-refractivity contribution in [2.24, 2.45) is 0 Å². The van der Waals surface area contributed by atoms with E-state index in [2.05, 4.69) is 39.8 Å². The Kier molecular flexibility index (Phi) is 8.28. The predicted octanol–water partition coefficient (Wildman–Crippen LogP) is 6.08. The second kappa shape index (κ2) is 9.70. The van der Waals surface area contributed by atoms with Crippen molar-refractivity contribution in [3.8, 4) is 11.5 Å². The van der Waals surface area contributed by atoms with Gasteiger partial charge in [0.2, 0.25) is 0 Å². The van der Waals surface area contributed by atoms with E-state index < -0.39 is 0 Å². The molecule has 0 unspecified atom stereocenters. The van der Waals surface area contributed by atoms with Crippen LogP contribution in [0, 0.1) is 27.7 Å². The number of hydrogen-bond acceptors (Lipinski definition) is 4. The zero-order valence-electron chi connectivity index (χ0n) is 14.4. The summed E-state index contributed by atoms with van der Waals surface area (Å²) in [7, 11) is 0. The number of aryl methyl sites for hydroxylation is 4. The molecule has 2 aromatic rings. The van der Waals surface area contributed by atoms with Crippen LogP contribution in [0.5, 0.6) is 11.5 Å². The average Bonchev–Trinajstić information content (AvgIpc) is 3.03. The van der Waals surface area contributed by atoms with E-state index in [1.54, 1.807) is 11.3 Å². The second-order valence-electron chi connectivity index (χ2n) is 4.89. The lowest BCUT2D eigenvalue weighted by Crippen LogP contribution is -2.14. The number of rotatable bonds is 0. The number of fused-ring (bicyclic) bond motifs is 1. The Morgan fingerprint density at radius 2 is 1.18 bits per heavy atom. The van der Waals surface area contributed by atoms with Crippen molar-refractivity contribution in [3.63, 3.8) is 0 Å². The van der Waals surface area contributed by atoms with Crippen molar-refractivity contribution in [1.29, 1.82) is 0 Å². The highest BCUT2D eigenvalue weighted by atomic mass is 32.1. The lowest BCUT2D eigenvalue weighted by molar-refractivity contribution is 0.171. The molecule has 0 radical (unpaired) electrons. The molecule has 0 atom stereocenters. The largest absolute Gasteiger partial charge is 0.485 e. The van der Waals surface area contributed by atoms with Gasteiger partial charge in [-0.15, -0.1) is 22.7 Å². The molecule has 1 aliphatic heterocycles. The van der Waals surface area contributed by atoms with Crippen LogP contribution < -0.4 is 9.47 Å². The van der Waals surface area contributed by atoms with Crippen LogP contribution in [0.1, 0.15) is 33.4 Å². The average molecular weight is 339 g/mol. The standard InChI is InChI=1S/C8H10O2S.C6H8S.C4H8/c1-5-7-8(6(2)11-5)10-4-3-9-7;1-5-3-4-6(2)7-5;1-3-4-2/h3-4H2,1-2H3;3-4H,1-2H3;3-4H,1-2H3/b;;4-3+. The molecule has 0 aromatic carbocycles. The van der Waals surface area contributed by atoms with E-state index in [4.69, 9.17) is 9.47 Å². The summed E-state index contributed by atoms with van der Waals surface area (Å²) < 4.78 is 10.9. The number of allylic oxidation sites excluding steroid dienone is 2. The Labute approximate surface area is 142 Å². The van der Waals surface area contributed by atoms with Crippen LogP contribution in [0.25, 0.3) is 0 Å². The van der Waals surface area contributed by atoms with Gasteiger partial charge in [-0.2, -0.15) is 0 Å². The molecular formula is C18H26O2S2. The minimum Gasteiger partial charge on any atom is -0.485 e. The van der Waals surface area contributed by atoms with E-state index in [1.165, 1.54) is 19.5 Å². The third-order valence-electron chi connectivity index (χ3n) is 2.94. The first kappa shape index (κ1) is 18.8. The van der Waals surface area contributed by atoms with E-state index in [0.717, 1.165) is 11.5 Å². The number of thiophene rings is 2. The van der Waals surface area contributed by atoms with Gasteiger partial charge in [0.15, 0.2) is 11.5 Å². The Hall–Kier alpha value is -1.26. The fraction of sp³-hybridized carbons (Fsp3) is 0.444. The summed E-state index contributed by atoms with van der Waals surface area (Å²) in [6, 6.07) is 4.28. The predicted molar refractivity (Wildman–Crippen MR) is 99.1 cm³/mol. The summed E-state index contributed by atoms with van der Waals surface area (Å²) in [6.07, 6.45) is 4.00. The fourth-order valence-electron chi connectivity index (χ4n) is 1.82. The summed E-state index contributed by atoms with van der Waals surface area (Å²) in [5, 5.41) is 0. The van der Waals surface area contributed by atoms with Crippen LogP contribution >= 0.6 is 22.7 Å². The molecule has 2 aromatic heterocycles. The molecule has 1 aliphatic rings. The summed E-state index contributed by atoms with van der Waals surface area (Å²) in [4.78, 5) is 5.24. The Balaban J connectivity index is 0.000000190. The van der Waals surface area contributed by atoms with Crippen molar-refractivity contribution in [2.45, 2.75) is 41.5 Å². The van der Waals surface area contributed by atoms with Crippen LogP contribution in [0.4, 0.5) is 0 Å². The van der Waals surface area contributed by atoms with E-state index >= 15 is 0 Å². The smallest absolute Gasteiger partial charge is 0.175 e. The van der Waals surface area contributed by atoms with E-state index in [0.29, 0.717) is 13.2 Å². The zero-order valence-corrected chi connectivity index (χ0v) is 16.0. The Morgan fingerprint density at radius 1 is 0.773 bits per heavy atom. The van der Waals surface area contributed by atoms with Gasteiger partial charge in [-0.1, -0.05) is 12.2 Å². The lowest BCUT2D eigenvalue weighted by Gasteiger charge is -2.15. The SMILES string of the molecule is C/C=C/C.Cc1ccc(C)s1.Cc1sc(C)c2c1OCCO2. The van der Waals surface area contributed by atoms with Gasteiger partial charge < -0.3 is 9.47 Å². The van der Waals surface area contributed by atoms with Crippen molar-refractivity contribution < 1.29 is 9.47 Å². The third-order valence-corrected chi connectivity index (χ3v) is 4.84. The zero-order chi connectivity index (χ0) is 16.5. The highest BCUT2D eigenvalue weighted by Gasteiger charge is 2.19. The van der Waals surface area contributed by atoms with Gasteiger partial charge in [-0.05, 0) is 53.7 Å². The third kappa shape index (κ3) is 5.85. The maximum Gasteiger partial charge on any atom is 0.175 e. The fourth-order valence-corrected chi connectivity index (χ4v) is 3.55. The van der Waals surface area contributed by atoms with Gasteiger partial charge in [0, 0.05) is 19.5 Å². The molecule has 0 amide bonds. The van der Waals surface area contributed by atoms with Gasteiger partial charge in [0.05, 0.1) is 0 Å². The molecule has 0 N–H and O–H groups in total. The van der Waals surface area contributed by atoms with Gasteiger partial charge in [0.1, 0.15) is 13.2 Å². The van der Waals surface area contributed by atoms with Gasteiger partial charge >= 0.3 is 0 Å². The summed E-state index contributed by atoms with van der Waals surface area (Å²) in [5.41, 5.74) is 0. The summed E-state index contributed by atoms with van der Waals surface area (Å²) in [6.45, 7) is 13.7. The molecule has 0 aliphatic carbocycles. The van der Waals surface area contributed by atoms with Gasteiger partial charge in [0.25, 0.3) is 0 Å². The normalized spacial score (nSPS) is 12.3. The Morgan fingerprint density at radius 3 is 1.45 bits per heavy atom. The molecule has 0 spiro atoms. The first-order chi connectivity index (χ1) is 10.5. The van der Waals surface area contributed by atoms with Crippen LogP contribution in [-0.2, 0) is 0 Å². The van der Waals surface area contributed by atoms with Crippen molar-refractivity contribution in [2.75, 3.05) is 13.2 Å². The quantitative estimate of drug-likeness (QED) is 0.542. The molecule has 3 rings (SSSR count). The number of hydrogen-bond donors (Lipinski definition) is 0. The molecule has 0 bridgehead atoms. The summed E-state index contributed by atoms with van der Waals surface area (Å²) in [5.74, 6) is 1.91. The maximum atomic E-state index is 5.46. The van der Waals surface area contributed by atoms with Crippen LogP contribution in [0.3, 0.4) is 0 Å². The first-order valence-corrected chi connectivity index (χ1v) is 9.08. The monoisotopic (exact) mass is 338 g/mol. The first-order valence-electron chi connectivity index (χ1n) is 7.45. The van der Waals surface area contributed by atoms with E-state index in [-0.39, 0.29) is 0 Å². The minimum atomic E-state index is 0.685. The lowest BCUT2D eigenvalue weighted by atomic mass is 10.3. The topological polar surface area (TPSA) is 18.5 Å². The molecule has 4 heteroatoms. The molecule has 22 heavy (non-hydrogen) atoms. The maximum absolute atomic E-state index is 5.46. The van der Waals surface area contributed by atoms with Crippen LogP contribution in [-0.4, -0.2) is 13.2 Å². The number of ether oxygens (including phenoxy) is 2. The van der Waals surface area contributed by atoms with Gasteiger partial charge in [-0.25, -0.2) is 0 Å². The van der Waals surface area contributed by atoms with Crippen molar-refractivity contribution in [1.82, 2.24) is 0 Å². The van der Waals surface area contributed by atoms with Crippen LogP contribution in [0.15, 0.2) is 24.3 Å². The van der Waals surface area contributed by atoms with Gasteiger partial charge in [-0.3, -0.25) is 0 Å². The summed E-state index contributed by atoms with van der Waals surface area (Å²) >= 11 is 3.58.